The Kier molecular flexibility index (Phi) is 2.92. The fraction of sp³-hybridized carbons (Fsp3) is 0.467. The molecule has 2 N–H and O–H groups in total. The van der Waals surface area contributed by atoms with Crippen LogP contribution in [0, 0.1) is 0 Å². The van der Waals surface area contributed by atoms with Crippen molar-refractivity contribution >= 4 is 11.6 Å². The molecule has 5 heteroatoms. The SMILES string of the molecule is C[C@]12CCCC[C@]1(O)N(O)C(C(=O)c1ccccc1)=N2. The first kappa shape index (κ1) is 13.3. The first-order chi connectivity index (χ1) is 9.48. The number of aliphatic imine (C=N–C) groups is 1. The Morgan fingerprint density at radius 3 is 2.55 bits per heavy atom. The summed E-state index contributed by atoms with van der Waals surface area (Å²) >= 11 is 0. The number of hydroxylamine groups is 2. The van der Waals surface area contributed by atoms with Gasteiger partial charge in [-0.3, -0.25) is 15.0 Å². The van der Waals surface area contributed by atoms with Crippen molar-refractivity contribution in [3.05, 3.63) is 35.9 Å². The monoisotopic (exact) mass is 274 g/mol. The van der Waals surface area contributed by atoms with Gasteiger partial charge in [-0.05, 0) is 26.2 Å². The van der Waals surface area contributed by atoms with Crippen LogP contribution in [-0.2, 0) is 0 Å². The second kappa shape index (κ2) is 4.40. The van der Waals surface area contributed by atoms with Crippen LogP contribution in [0.15, 0.2) is 35.3 Å². The molecule has 0 spiro atoms. The van der Waals surface area contributed by atoms with E-state index in [1.165, 1.54) is 0 Å². The summed E-state index contributed by atoms with van der Waals surface area (Å²) in [6, 6.07) is 8.68. The molecule has 0 unspecified atom stereocenters. The average Bonchev–Trinajstić information content (AvgIpc) is 2.68. The highest BCUT2D eigenvalue weighted by Crippen LogP contribution is 2.46. The summed E-state index contributed by atoms with van der Waals surface area (Å²) in [6.07, 6.45) is 2.82. The van der Waals surface area contributed by atoms with Crippen LogP contribution in [0.4, 0.5) is 0 Å². The first-order valence-electron chi connectivity index (χ1n) is 6.89. The summed E-state index contributed by atoms with van der Waals surface area (Å²) in [4.78, 5) is 16.8. The van der Waals surface area contributed by atoms with Gasteiger partial charge in [-0.15, -0.1) is 0 Å². The third-order valence-electron chi connectivity index (χ3n) is 4.44. The van der Waals surface area contributed by atoms with E-state index in [0.717, 1.165) is 12.8 Å². The second-order valence-electron chi connectivity index (χ2n) is 5.74. The molecule has 1 aromatic carbocycles. The first-order valence-corrected chi connectivity index (χ1v) is 6.89. The molecule has 0 amide bonds. The van der Waals surface area contributed by atoms with Crippen molar-refractivity contribution in [3.8, 4) is 0 Å². The van der Waals surface area contributed by atoms with Gasteiger partial charge in [-0.25, -0.2) is 5.06 Å². The van der Waals surface area contributed by atoms with Gasteiger partial charge in [-0.1, -0.05) is 36.8 Å². The number of amidine groups is 1. The Morgan fingerprint density at radius 2 is 1.90 bits per heavy atom. The molecule has 1 aliphatic carbocycles. The summed E-state index contributed by atoms with van der Waals surface area (Å²) in [5.74, 6) is -0.430. The molecule has 0 bridgehead atoms. The van der Waals surface area contributed by atoms with Gasteiger partial charge in [0.25, 0.3) is 0 Å². The van der Waals surface area contributed by atoms with Crippen LogP contribution < -0.4 is 0 Å². The van der Waals surface area contributed by atoms with Crippen LogP contribution in [0.25, 0.3) is 0 Å². The maximum absolute atomic E-state index is 12.4. The molecule has 2 aliphatic rings. The number of aliphatic hydroxyl groups is 1. The van der Waals surface area contributed by atoms with Crippen LogP contribution in [0.2, 0.25) is 0 Å². The summed E-state index contributed by atoms with van der Waals surface area (Å²) in [6.45, 7) is 1.79. The largest absolute Gasteiger partial charge is 0.367 e. The maximum Gasteiger partial charge on any atom is 0.230 e. The van der Waals surface area contributed by atoms with E-state index in [-0.39, 0.29) is 11.6 Å². The average molecular weight is 274 g/mol. The van der Waals surface area contributed by atoms with Crippen molar-refractivity contribution in [2.24, 2.45) is 4.99 Å². The number of Topliss-reactive ketones (excluding diaryl/α,β-unsaturated/α-hetero) is 1. The Bertz CT molecular complexity index is 572. The van der Waals surface area contributed by atoms with Crippen molar-refractivity contribution in [2.75, 3.05) is 0 Å². The molecule has 1 saturated carbocycles. The molecule has 0 saturated heterocycles. The van der Waals surface area contributed by atoms with Gasteiger partial charge in [0.1, 0.15) is 5.54 Å². The van der Waals surface area contributed by atoms with E-state index in [1.54, 1.807) is 31.2 Å². The summed E-state index contributed by atoms with van der Waals surface area (Å²) in [7, 11) is 0. The normalized spacial score (nSPS) is 32.8. The lowest BCUT2D eigenvalue weighted by molar-refractivity contribution is -0.240. The van der Waals surface area contributed by atoms with E-state index in [2.05, 4.69) is 4.99 Å². The predicted molar refractivity (Wildman–Crippen MR) is 73.7 cm³/mol. The van der Waals surface area contributed by atoms with E-state index in [1.807, 2.05) is 6.07 Å². The number of hydrogen-bond acceptors (Lipinski definition) is 5. The highest BCUT2D eigenvalue weighted by molar-refractivity contribution is 6.45. The molecule has 1 heterocycles. The molecule has 0 radical (unpaired) electrons. The predicted octanol–water partition coefficient (Wildman–Crippen LogP) is 1.99. The van der Waals surface area contributed by atoms with Gasteiger partial charge in [-0.2, -0.15) is 0 Å². The Hall–Kier alpha value is -1.72. The van der Waals surface area contributed by atoms with Crippen molar-refractivity contribution < 1.29 is 15.1 Å². The highest BCUT2D eigenvalue weighted by Gasteiger charge is 2.59. The molecule has 0 aromatic heterocycles. The lowest BCUT2D eigenvalue weighted by Gasteiger charge is -2.43. The lowest BCUT2D eigenvalue weighted by Crippen LogP contribution is -2.59. The molecule has 20 heavy (non-hydrogen) atoms. The zero-order valence-electron chi connectivity index (χ0n) is 11.4. The fourth-order valence-electron chi connectivity index (χ4n) is 3.11. The van der Waals surface area contributed by atoms with Crippen LogP contribution in [0.5, 0.6) is 0 Å². The molecule has 5 nitrogen and oxygen atoms in total. The highest BCUT2D eigenvalue weighted by atomic mass is 16.6. The van der Waals surface area contributed by atoms with Gasteiger partial charge >= 0.3 is 0 Å². The number of carbonyl (C=O) groups excluding carboxylic acids is 1. The lowest BCUT2D eigenvalue weighted by atomic mass is 9.77. The van der Waals surface area contributed by atoms with E-state index >= 15 is 0 Å². The van der Waals surface area contributed by atoms with Gasteiger partial charge in [0.2, 0.25) is 5.78 Å². The molecular weight excluding hydrogens is 256 g/mol. The minimum absolute atomic E-state index is 0.0666. The van der Waals surface area contributed by atoms with Gasteiger partial charge in [0.15, 0.2) is 11.6 Å². The quantitative estimate of drug-likeness (QED) is 0.809. The number of rotatable bonds is 2. The van der Waals surface area contributed by atoms with Crippen molar-refractivity contribution in [1.82, 2.24) is 5.06 Å². The Balaban J connectivity index is 1.99. The standard InChI is InChI=1S/C15H18N2O3/c1-14-9-5-6-10-15(14,19)17(20)13(16-14)12(18)11-7-3-2-4-8-11/h2-4,7-8,19-20H,5-6,9-10H2,1H3/t14-,15+/m0/s1. The molecule has 106 valence electrons. The summed E-state index contributed by atoms with van der Waals surface area (Å²) < 4.78 is 0. The van der Waals surface area contributed by atoms with Crippen LogP contribution in [-0.4, -0.2) is 38.3 Å². The summed E-state index contributed by atoms with van der Waals surface area (Å²) in [5.41, 5.74) is -1.83. The van der Waals surface area contributed by atoms with Crippen LogP contribution in [0.1, 0.15) is 43.0 Å². The van der Waals surface area contributed by atoms with E-state index in [9.17, 15) is 15.1 Å². The zero-order chi connectivity index (χ0) is 14.4. The number of nitrogens with zero attached hydrogens (tertiary/aromatic N) is 2. The number of hydrogen-bond donors (Lipinski definition) is 2. The number of fused-ring (bicyclic) bond motifs is 1. The third-order valence-corrected chi connectivity index (χ3v) is 4.44. The van der Waals surface area contributed by atoms with Gasteiger partial charge in [0, 0.05) is 5.56 Å². The number of carbonyl (C=O) groups is 1. The van der Waals surface area contributed by atoms with E-state index in [0.29, 0.717) is 23.5 Å². The molecule has 3 rings (SSSR count). The number of benzene rings is 1. The van der Waals surface area contributed by atoms with Crippen molar-refractivity contribution in [2.45, 2.75) is 43.9 Å². The fourth-order valence-corrected chi connectivity index (χ4v) is 3.11. The number of ketones is 1. The third kappa shape index (κ3) is 1.70. The van der Waals surface area contributed by atoms with Crippen molar-refractivity contribution in [3.63, 3.8) is 0 Å². The Labute approximate surface area is 117 Å². The molecule has 1 aromatic rings. The van der Waals surface area contributed by atoms with Gasteiger partial charge in [0.05, 0.1) is 0 Å². The van der Waals surface area contributed by atoms with Crippen LogP contribution >= 0.6 is 0 Å². The minimum Gasteiger partial charge on any atom is -0.367 e. The van der Waals surface area contributed by atoms with Gasteiger partial charge < -0.3 is 5.11 Å². The molecule has 1 fully saturated rings. The van der Waals surface area contributed by atoms with Crippen LogP contribution in [0.3, 0.4) is 0 Å². The van der Waals surface area contributed by atoms with E-state index in [4.69, 9.17) is 0 Å². The van der Waals surface area contributed by atoms with E-state index < -0.39 is 11.3 Å². The second-order valence-corrected chi connectivity index (χ2v) is 5.74. The minimum atomic E-state index is -1.47. The smallest absolute Gasteiger partial charge is 0.230 e. The Morgan fingerprint density at radius 1 is 1.25 bits per heavy atom. The maximum atomic E-state index is 12.4. The topological polar surface area (TPSA) is 73.1 Å². The molecular formula is C15H18N2O3. The molecule has 1 aliphatic heterocycles. The zero-order valence-corrected chi connectivity index (χ0v) is 11.4. The summed E-state index contributed by atoms with van der Waals surface area (Å²) in [5, 5.41) is 21.7. The van der Waals surface area contributed by atoms with Crippen molar-refractivity contribution in [1.29, 1.82) is 0 Å². The molecule has 2 atom stereocenters.